The molecule has 1 saturated heterocycles. The second kappa shape index (κ2) is 8.03. The molecule has 29 heavy (non-hydrogen) atoms. The average molecular weight is 408 g/mol. The number of benzene rings is 2. The van der Waals surface area contributed by atoms with E-state index >= 15 is 0 Å². The standard InChI is InChI=1S/C23H25N3O2S/c1-14-5-4-6-17(11-14)24-23-26(18-9-10-18)22(28)20(29-23)13-21(27)25-19-12-15(2)7-8-16(19)3/h4-8,11-12,18,20H,9-10,13H2,1-3H3,(H,25,27). The van der Waals surface area contributed by atoms with Gasteiger partial charge in [0, 0.05) is 18.2 Å². The largest absolute Gasteiger partial charge is 0.326 e. The molecule has 0 spiro atoms. The molecule has 2 fully saturated rings. The van der Waals surface area contributed by atoms with E-state index in [0.29, 0.717) is 5.17 Å². The van der Waals surface area contributed by atoms with Gasteiger partial charge in [-0.2, -0.15) is 0 Å². The number of nitrogens with zero attached hydrogens (tertiary/aromatic N) is 2. The highest BCUT2D eigenvalue weighted by Crippen LogP contribution is 2.39. The number of amidine groups is 1. The van der Waals surface area contributed by atoms with Crippen molar-refractivity contribution in [2.75, 3.05) is 5.32 Å². The fraction of sp³-hybridized carbons (Fsp3) is 0.348. The minimum absolute atomic E-state index is 0.0000160. The van der Waals surface area contributed by atoms with Crippen LogP contribution in [0.15, 0.2) is 47.5 Å². The first-order valence-corrected chi connectivity index (χ1v) is 10.8. The van der Waals surface area contributed by atoms with Crippen LogP contribution in [0.3, 0.4) is 0 Å². The third-order valence-corrected chi connectivity index (χ3v) is 6.29. The predicted octanol–water partition coefficient (Wildman–Crippen LogP) is 4.73. The molecule has 5 nitrogen and oxygen atoms in total. The smallest absolute Gasteiger partial charge is 0.242 e. The van der Waals surface area contributed by atoms with Gasteiger partial charge in [-0.05, 0) is 68.5 Å². The third kappa shape index (κ3) is 4.53. The van der Waals surface area contributed by atoms with E-state index in [1.165, 1.54) is 11.8 Å². The van der Waals surface area contributed by atoms with Gasteiger partial charge in [-0.3, -0.25) is 14.5 Å². The first-order valence-electron chi connectivity index (χ1n) is 9.93. The van der Waals surface area contributed by atoms with E-state index in [-0.39, 0.29) is 24.3 Å². The Hall–Kier alpha value is -2.60. The van der Waals surface area contributed by atoms with Crippen molar-refractivity contribution in [3.8, 4) is 0 Å². The summed E-state index contributed by atoms with van der Waals surface area (Å²) in [6.07, 6.45) is 2.15. The van der Waals surface area contributed by atoms with Gasteiger partial charge in [0.15, 0.2) is 5.17 Å². The maximum atomic E-state index is 13.0. The first kappa shape index (κ1) is 19.7. The zero-order valence-electron chi connectivity index (χ0n) is 16.9. The maximum absolute atomic E-state index is 13.0. The van der Waals surface area contributed by atoms with Gasteiger partial charge in [-0.1, -0.05) is 36.0 Å². The van der Waals surface area contributed by atoms with Crippen molar-refractivity contribution in [2.45, 2.75) is 51.3 Å². The number of rotatable bonds is 5. The van der Waals surface area contributed by atoms with E-state index in [9.17, 15) is 9.59 Å². The molecule has 1 aliphatic carbocycles. The highest BCUT2D eigenvalue weighted by Gasteiger charge is 2.46. The van der Waals surface area contributed by atoms with Gasteiger partial charge >= 0.3 is 0 Å². The van der Waals surface area contributed by atoms with Crippen LogP contribution < -0.4 is 5.32 Å². The monoisotopic (exact) mass is 407 g/mol. The number of nitrogens with one attached hydrogen (secondary N) is 1. The minimum atomic E-state index is -0.427. The summed E-state index contributed by atoms with van der Waals surface area (Å²) in [6, 6.07) is 14.1. The number of carbonyl (C=O) groups is 2. The Kier molecular flexibility index (Phi) is 5.46. The highest BCUT2D eigenvalue weighted by atomic mass is 32.2. The summed E-state index contributed by atoms with van der Waals surface area (Å²) in [4.78, 5) is 32.2. The normalized spacial score (nSPS) is 20.4. The van der Waals surface area contributed by atoms with Crippen molar-refractivity contribution < 1.29 is 9.59 Å². The van der Waals surface area contributed by atoms with Crippen LogP contribution >= 0.6 is 11.8 Å². The highest BCUT2D eigenvalue weighted by molar-refractivity contribution is 8.15. The Morgan fingerprint density at radius 2 is 1.90 bits per heavy atom. The Bertz CT molecular complexity index is 997. The van der Waals surface area contributed by atoms with Crippen LogP contribution in [0.2, 0.25) is 0 Å². The van der Waals surface area contributed by atoms with Crippen molar-refractivity contribution in [3.05, 3.63) is 59.2 Å². The molecule has 1 atom stereocenters. The molecule has 1 unspecified atom stereocenters. The summed E-state index contributed by atoms with van der Waals surface area (Å²) in [6.45, 7) is 5.98. The lowest BCUT2D eigenvalue weighted by atomic mass is 10.1. The fourth-order valence-electron chi connectivity index (χ4n) is 3.41. The quantitative estimate of drug-likeness (QED) is 0.779. The van der Waals surface area contributed by atoms with Crippen LogP contribution in [0.4, 0.5) is 11.4 Å². The second-order valence-electron chi connectivity index (χ2n) is 7.85. The van der Waals surface area contributed by atoms with Gasteiger partial charge in [0.2, 0.25) is 11.8 Å². The SMILES string of the molecule is Cc1cccc(N=C2SC(CC(=O)Nc3cc(C)ccc3C)C(=O)N2C2CC2)c1. The van der Waals surface area contributed by atoms with Gasteiger partial charge in [0.25, 0.3) is 0 Å². The topological polar surface area (TPSA) is 61.8 Å². The lowest BCUT2D eigenvalue weighted by molar-refractivity contribution is -0.128. The third-order valence-electron chi connectivity index (χ3n) is 5.14. The van der Waals surface area contributed by atoms with E-state index in [4.69, 9.17) is 4.99 Å². The zero-order chi connectivity index (χ0) is 20.5. The van der Waals surface area contributed by atoms with Crippen molar-refractivity contribution in [1.29, 1.82) is 0 Å². The number of amides is 2. The summed E-state index contributed by atoms with van der Waals surface area (Å²) in [5.41, 5.74) is 4.87. The van der Waals surface area contributed by atoms with Crippen LogP contribution in [-0.4, -0.2) is 33.2 Å². The van der Waals surface area contributed by atoms with Gasteiger partial charge in [0.05, 0.1) is 5.69 Å². The Morgan fingerprint density at radius 3 is 2.62 bits per heavy atom. The molecular formula is C23H25N3O2S. The molecule has 1 aliphatic heterocycles. The molecule has 0 bridgehead atoms. The van der Waals surface area contributed by atoms with Crippen LogP contribution in [0.5, 0.6) is 0 Å². The lowest BCUT2D eigenvalue weighted by Gasteiger charge is -2.15. The van der Waals surface area contributed by atoms with E-state index in [1.807, 2.05) is 68.1 Å². The molecular weight excluding hydrogens is 382 g/mol. The Balaban J connectivity index is 1.50. The Labute approximate surface area is 175 Å². The van der Waals surface area contributed by atoms with Gasteiger partial charge in [-0.15, -0.1) is 0 Å². The van der Waals surface area contributed by atoms with Crippen molar-refractivity contribution in [1.82, 2.24) is 4.90 Å². The molecule has 150 valence electrons. The lowest BCUT2D eigenvalue weighted by Crippen LogP contribution is -2.35. The van der Waals surface area contributed by atoms with Crippen molar-refractivity contribution in [3.63, 3.8) is 0 Å². The number of aliphatic imine (C=N–C) groups is 1. The summed E-state index contributed by atoms with van der Waals surface area (Å²) in [7, 11) is 0. The number of thioether (sulfide) groups is 1. The summed E-state index contributed by atoms with van der Waals surface area (Å²) in [5, 5.41) is 3.26. The molecule has 2 aromatic rings. The predicted molar refractivity (Wildman–Crippen MR) is 119 cm³/mol. The molecule has 1 heterocycles. The number of aryl methyl sites for hydroxylation is 3. The minimum Gasteiger partial charge on any atom is -0.326 e. The zero-order valence-corrected chi connectivity index (χ0v) is 17.8. The second-order valence-corrected chi connectivity index (χ2v) is 9.02. The van der Waals surface area contributed by atoms with Crippen LogP contribution in [0.25, 0.3) is 0 Å². The van der Waals surface area contributed by atoms with Gasteiger partial charge in [0.1, 0.15) is 5.25 Å². The van der Waals surface area contributed by atoms with Crippen molar-refractivity contribution in [2.24, 2.45) is 4.99 Å². The van der Waals surface area contributed by atoms with E-state index in [2.05, 4.69) is 5.32 Å². The summed E-state index contributed by atoms with van der Waals surface area (Å²) >= 11 is 1.41. The van der Waals surface area contributed by atoms with E-state index < -0.39 is 5.25 Å². The van der Waals surface area contributed by atoms with E-state index in [1.54, 1.807) is 0 Å². The van der Waals surface area contributed by atoms with Gasteiger partial charge in [-0.25, -0.2) is 4.99 Å². The van der Waals surface area contributed by atoms with Crippen LogP contribution in [0.1, 0.15) is 36.0 Å². The average Bonchev–Trinajstić information content (AvgIpc) is 3.44. The summed E-state index contributed by atoms with van der Waals surface area (Å²) < 4.78 is 0. The molecule has 0 aromatic heterocycles. The first-order chi connectivity index (χ1) is 13.9. The number of hydrogen-bond donors (Lipinski definition) is 1. The van der Waals surface area contributed by atoms with Crippen molar-refractivity contribution >= 4 is 40.1 Å². The molecule has 0 radical (unpaired) electrons. The number of anilines is 1. The number of hydrogen-bond acceptors (Lipinski definition) is 4. The fourth-order valence-corrected chi connectivity index (χ4v) is 4.62. The molecule has 2 aromatic carbocycles. The molecule has 1 N–H and O–H groups in total. The molecule has 1 saturated carbocycles. The maximum Gasteiger partial charge on any atom is 0.242 e. The molecule has 2 amide bonds. The molecule has 2 aliphatic rings. The van der Waals surface area contributed by atoms with Gasteiger partial charge < -0.3 is 5.32 Å². The number of carbonyl (C=O) groups excluding carboxylic acids is 2. The molecule has 4 rings (SSSR count). The summed E-state index contributed by atoms with van der Waals surface area (Å²) in [5.74, 6) is -0.142. The van der Waals surface area contributed by atoms with Crippen LogP contribution in [0, 0.1) is 20.8 Å². The van der Waals surface area contributed by atoms with E-state index in [0.717, 1.165) is 40.9 Å². The Morgan fingerprint density at radius 1 is 1.14 bits per heavy atom. The van der Waals surface area contributed by atoms with Crippen LogP contribution in [-0.2, 0) is 9.59 Å². The molecule has 6 heteroatoms.